The van der Waals surface area contributed by atoms with Gasteiger partial charge < -0.3 is 20.3 Å². The molecule has 136 valence electrons. The van der Waals surface area contributed by atoms with Gasteiger partial charge in [0, 0.05) is 31.9 Å². The number of morpholine rings is 1. The highest BCUT2D eigenvalue weighted by Gasteiger charge is 2.49. The van der Waals surface area contributed by atoms with Crippen molar-refractivity contribution in [3.8, 4) is 0 Å². The van der Waals surface area contributed by atoms with Crippen LogP contribution in [0, 0.1) is 11.3 Å². The Morgan fingerprint density at radius 3 is 3.00 bits per heavy atom. The molecule has 0 aromatic heterocycles. The summed E-state index contributed by atoms with van der Waals surface area (Å²) in [7, 11) is 0. The number of benzene rings is 1. The van der Waals surface area contributed by atoms with E-state index in [-0.39, 0.29) is 11.3 Å². The van der Waals surface area contributed by atoms with Gasteiger partial charge in [-0.05, 0) is 36.9 Å². The van der Waals surface area contributed by atoms with Crippen molar-refractivity contribution >= 4 is 11.6 Å². The number of hydrogen-bond acceptors (Lipinski definition) is 4. The van der Waals surface area contributed by atoms with Crippen molar-refractivity contribution in [2.75, 3.05) is 44.3 Å². The van der Waals surface area contributed by atoms with Gasteiger partial charge in [-0.15, -0.1) is 0 Å². The van der Waals surface area contributed by atoms with Crippen LogP contribution in [0.1, 0.15) is 31.2 Å². The highest BCUT2D eigenvalue weighted by atomic mass is 16.5. The molecule has 2 saturated heterocycles. The van der Waals surface area contributed by atoms with E-state index < -0.39 is 0 Å². The lowest BCUT2D eigenvalue weighted by molar-refractivity contribution is -0.134. The quantitative estimate of drug-likeness (QED) is 0.877. The summed E-state index contributed by atoms with van der Waals surface area (Å²) in [6.07, 6.45) is 4.66. The van der Waals surface area contributed by atoms with E-state index in [0.29, 0.717) is 12.5 Å². The van der Waals surface area contributed by atoms with Crippen LogP contribution >= 0.6 is 0 Å². The van der Waals surface area contributed by atoms with Gasteiger partial charge in [0.25, 0.3) is 0 Å². The predicted octanol–water partition coefficient (Wildman–Crippen LogP) is 1.92. The number of amides is 1. The number of carbonyl (C=O) groups is 1. The number of anilines is 1. The molecule has 0 radical (unpaired) electrons. The fraction of sp³-hybridized carbons (Fsp3) is 0.650. The summed E-state index contributed by atoms with van der Waals surface area (Å²) in [5, 5.41) is 6.74. The van der Waals surface area contributed by atoms with Gasteiger partial charge in [0.05, 0.1) is 18.6 Å². The number of nitrogens with zero attached hydrogens (tertiary/aromatic N) is 1. The molecule has 0 unspecified atom stereocenters. The molecule has 25 heavy (non-hydrogen) atoms. The number of rotatable bonds is 4. The van der Waals surface area contributed by atoms with Crippen LogP contribution in [-0.2, 0) is 16.1 Å². The van der Waals surface area contributed by atoms with Gasteiger partial charge in [-0.25, -0.2) is 0 Å². The van der Waals surface area contributed by atoms with E-state index in [2.05, 4.69) is 39.8 Å². The molecular weight excluding hydrogens is 314 g/mol. The van der Waals surface area contributed by atoms with Crippen LogP contribution in [0.2, 0.25) is 0 Å². The summed E-state index contributed by atoms with van der Waals surface area (Å²) in [5.41, 5.74) is 2.26. The van der Waals surface area contributed by atoms with Crippen LogP contribution < -0.4 is 15.5 Å². The number of hydrogen-bond donors (Lipinski definition) is 2. The Kier molecular flexibility index (Phi) is 4.95. The number of fused-ring (bicyclic) bond motifs is 1. The van der Waals surface area contributed by atoms with Crippen LogP contribution in [0.5, 0.6) is 0 Å². The number of carbonyl (C=O) groups excluding carboxylic acids is 1. The summed E-state index contributed by atoms with van der Waals surface area (Å²) in [6.45, 7) is 5.84. The Hall–Kier alpha value is -1.59. The van der Waals surface area contributed by atoms with Crippen molar-refractivity contribution < 1.29 is 9.53 Å². The summed E-state index contributed by atoms with van der Waals surface area (Å²) >= 11 is 0. The Morgan fingerprint density at radius 1 is 1.28 bits per heavy atom. The van der Waals surface area contributed by atoms with Gasteiger partial charge in [-0.1, -0.05) is 31.0 Å². The summed E-state index contributed by atoms with van der Waals surface area (Å²) < 4.78 is 5.47. The maximum absolute atomic E-state index is 13.1. The van der Waals surface area contributed by atoms with Crippen LogP contribution in [0.15, 0.2) is 24.3 Å². The Bertz CT molecular complexity index is 615. The molecule has 5 heteroatoms. The zero-order valence-corrected chi connectivity index (χ0v) is 14.9. The van der Waals surface area contributed by atoms with Crippen molar-refractivity contribution in [3.05, 3.63) is 29.8 Å². The maximum Gasteiger partial charge on any atom is 0.228 e. The van der Waals surface area contributed by atoms with E-state index in [9.17, 15) is 4.79 Å². The number of ether oxygens (including phenoxy) is 1. The second kappa shape index (κ2) is 7.34. The molecule has 2 N–H and O–H groups in total. The lowest BCUT2D eigenvalue weighted by Crippen LogP contribution is -2.47. The first-order chi connectivity index (χ1) is 12.3. The van der Waals surface area contributed by atoms with Crippen molar-refractivity contribution in [2.24, 2.45) is 11.3 Å². The van der Waals surface area contributed by atoms with Crippen molar-refractivity contribution in [3.63, 3.8) is 0 Å². The maximum atomic E-state index is 13.1. The van der Waals surface area contributed by atoms with Crippen LogP contribution in [-0.4, -0.2) is 45.3 Å². The smallest absolute Gasteiger partial charge is 0.228 e. The summed E-state index contributed by atoms with van der Waals surface area (Å²) in [6, 6.07) is 8.43. The molecule has 0 spiro atoms. The fourth-order valence-corrected chi connectivity index (χ4v) is 4.82. The molecule has 3 aliphatic rings. The third kappa shape index (κ3) is 3.27. The van der Waals surface area contributed by atoms with Crippen LogP contribution in [0.25, 0.3) is 0 Å². The standard InChI is InChI=1S/C20H29N3O2/c24-19(20-8-4-3-6-17(20)14-21-15-20)22-13-16-5-1-2-7-18(16)23-9-11-25-12-10-23/h1-2,5,7,17,21H,3-4,6,8-15H2,(H,22,24)/t17-,20+/m0/s1. The minimum absolute atomic E-state index is 0.174. The molecule has 1 aliphatic carbocycles. The van der Waals surface area contributed by atoms with Gasteiger partial charge in [-0.2, -0.15) is 0 Å². The van der Waals surface area contributed by atoms with Crippen molar-refractivity contribution in [2.45, 2.75) is 32.2 Å². The molecule has 2 atom stereocenters. The monoisotopic (exact) mass is 343 g/mol. The van der Waals surface area contributed by atoms with Crippen LogP contribution in [0.3, 0.4) is 0 Å². The predicted molar refractivity (Wildman–Crippen MR) is 98.6 cm³/mol. The molecular formula is C20H29N3O2. The Labute approximate surface area is 150 Å². The normalized spacial score (nSPS) is 29.3. The van der Waals surface area contributed by atoms with E-state index in [4.69, 9.17) is 4.74 Å². The second-order valence-corrected chi connectivity index (χ2v) is 7.64. The molecule has 3 fully saturated rings. The van der Waals surface area contributed by atoms with E-state index in [0.717, 1.165) is 45.8 Å². The first-order valence-electron chi connectivity index (χ1n) is 9.69. The van der Waals surface area contributed by atoms with E-state index in [1.54, 1.807) is 0 Å². The first-order valence-corrected chi connectivity index (χ1v) is 9.69. The van der Waals surface area contributed by atoms with E-state index in [1.165, 1.54) is 30.5 Å². The minimum atomic E-state index is -0.174. The third-order valence-corrected chi connectivity index (χ3v) is 6.27. The van der Waals surface area contributed by atoms with Gasteiger partial charge in [-0.3, -0.25) is 4.79 Å². The topological polar surface area (TPSA) is 53.6 Å². The first kappa shape index (κ1) is 16.9. The average molecular weight is 343 g/mol. The minimum Gasteiger partial charge on any atom is -0.378 e. The SMILES string of the molecule is O=C(NCc1ccccc1N1CCOCC1)[C@@]12CCCC[C@H]1CNC2. The van der Waals surface area contributed by atoms with Gasteiger partial charge in [0.2, 0.25) is 5.91 Å². The molecule has 1 saturated carbocycles. The number of para-hydroxylation sites is 1. The van der Waals surface area contributed by atoms with Gasteiger partial charge in [0.1, 0.15) is 0 Å². The lowest BCUT2D eigenvalue weighted by Gasteiger charge is -2.37. The largest absolute Gasteiger partial charge is 0.378 e. The molecule has 2 heterocycles. The number of nitrogens with one attached hydrogen (secondary N) is 2. The fourth-order valence-electron chi connectivity index (χ4n) is 4.82. The summed E-state index contributed by atoms with van der Waals surface area (Å²) in [4.78, 5) is 15.4. The van der Waals surface area contributed by atoms with Gasteiger partial charge in [0.15, 0.2) is 0 Å². The molecule has 1 aromatic carbocycles. The zero-order valence-electron chi connectivity index (χ0n) is 14.9. The molecule has 5 nitrogen and oxygen atoms in total. The van der Waals surface area contributed by atoms with Crippen molar-refractivity contribution in [1.29, 1.82) is 0 Å². The zero-order chi connectivity index (χ0) is 17.1. The Morgan fingerprint density at radius 2 is 2.12 bits per heavy atom. The van der Waals surface area contributed by atoms with E-state index >= 15 is 0 Å². The highest BCUT2D eigenvalue weighted by molar-refractivity contribution is 5.84. The lowest BCUT2D eigenvalue weighted by atomic mass is 9.67. The Balaban J connectivity index is 1.45. The van der Waals surface area contributed by atoms with Crippen LogP contribution in [0.4, 0.5) is 5.69 Å². The average Bonchev–Trinajstić information content (AvgIpc) is 3.12. The molecule has 2 aliphatic heterocycles. The third-order valence-electron chi connectivity index (χ3n) is 6.27. The summed E-state index contributed by atoms with van der Waals surface area (Å²) in [5.74, 6) is 0.759. The highest BCUT2D eigenvalue weighted by Crippen LogP contribution is 2.44. The molecule has 1 amide bonds. The second-order valence-electron chi connectivity index (χ2n) is 7.64. The van der Waals surface area contributed by atoms with Crippen molar-refractivity contribution in [1.82, 2.24) is 10.6 Å². The molecule has 0 bridgehead atoms. The molecule has 4 rings (SSSR count). The molecule has 1 aromatic rings. The van der Waals surface area contributed by atoms with E-state index in [1.807, 2.05) is 0 Å². The van der Waals surface area contributed by atoms with Gasteiger partial charge >= 0.3 is 0 Å².